The van der Waals surface area contributed by atoms with E-state index in [1.165, 1.54) is 14.2 Å². The molecule has 7 heteroatoms. The highest BCUT2D eigenvalue weighted by Gasteiger charge is 2.20. The van der Waals surface area contributed by atoms with Crippen molar-refractivity contribution in [3.63, 3.8) is 0 Å². The molecule has 0 aromatic heterocycles. The van der Waals surface area contributed by atoms with E-state index in [-0.39, 0.29) is 12.3 Å². The van der Waals surface area contributed by atoms with Crippen molar-refractivity contribution in [1.29, 1.82) is 0 Å². The molecular weight excluding hydrogens is 350 g/mol. The number of hydrogen-bond acceptors (Lipinski definition) is 5. The normalized spacial score (nSPS) is 15.8. The molecule has 0 spiro atoms. The number of benzene rings is 1. The number of carbonyl (C=O) groups is 2. The van der Waals surface area contributed by atoms with E-state index in [1.54, 1.807) is 18.2 Å². The number of methoxy groups -OCH3 is 2. The Morgan fingerprint density at radius 2 is 1.93 bits per heavy atom. The van der Waals surface area contributed by atoms with E-state index in [2.05, 4.69) is 5.32 Å². The smallest absolute Gasteiger partial charge is 0.305 e. The minimum atomic E-state index is -0.975. The molecule has 0 bridgehead atoms. The van der Waals surface area contributed by atoms with E-state index >= 15 is 0 Å². The number of nitrogens with one attached hydrogen (secondary N) is 1. The number of carboxylic acid groups (broad SMARTS) is 1. The highest BCUT2D eigenvalue weighted by atomic mass is 16.5. The molecule has 7 nitrogen and oxygen atoms in total. The van der Waals surface area contributed by atoms with Crippen LogP contribution in [0.1, 0.15) is 50.1 Å². The van der Waals surface area contributed by atoms with Crippen LogP contribution < -0.4 is 14.8 Å². The van der Waals surface area contributed by atoms with Crippen LogP contribution in [0.4, 0.5) is 0 Å². The number of carbonyl (C=O) groups excluding carboxylic acids is 1. The van der Waals surface area contributed by atoms with Crippen LogP contribution in [0.3, 0.4) is 0 Å². The molecule has 1 saturated heterocycles. The van der Waals surface area contributed by atoms with Crippen LogP contribution in [0.25, 0.3) is 0 Å². The Morgan fingerprint density at radius 1 is 1.22 bits per heavy atom. The van der Waals surface area contributed by atoms with E-state index in [0.29, 0.717) is 29.4 Å². The Kier molecular flexibility index (Phi) is 8.39. The minimum Gasteiger partial charge on any atom is -0.493 e. The quantitative estimate of drug-likeness (QED) is 0.649. The number of rotatable bonds is 10. The summed E-state index contributed by atoms with van der Waals surface area (Å²) in [7, 11) is 3.05. The molecule has 0 radical (unpaired) electrons. The third-order valence-corrected chi connectivity index (χ3v) is 4.88. The Balaban J connectivity index is 1.94. The molecule has 2 rings (SSSR count). The highest BCUT2D eigenvalue weighted by Crippen LogP contribution is 2.31. The van der Waals surface area contributed by atoms with Gasteiger partial charge in [0.15, 0.2) is 11.5 Å². The second-order valence-electron chi connectivity index (χ2n) is 6.78. The molecule has 1 unspecified atom stereocenters. The summed E-state index contributed by atoms with van der Waals surface area (Å²) in [5.74, 6) is 0.560. The van der Waals surface area contributed by atoms with Crippen molar-refractivity contribution in [2.24, 2.45) is 5.92 Å². The van der Waals surface area contributed by atoms with Gasteiger partial charge in [-0.2, -0.15) is 0 Å². The molecule has 1 amide bonds. The van der Waals surface area contributed by atoms with Crippen molar-refractivity contribution in [1.82, 2.24) is 5.32 Å². The summed E-state index contributed by atoms with van der Waals surface area (Å²) in [6.07, 6.45) is 4.09. The van der Waals surface area contributed by atoms with E-state index in [9.17, 15) is 14.7 Å². The Hall–Kier alpha value is -2.28. The van der Waals surface area contributed by atoms with E-state index in [1.807, 2.05) is 0 Å². The van der Waals surface area contributed by atoms with Crippen molar-refractivity contribution in [2.75, 3.05) is 27.4 Å². The number of aliphatic carboxylic acids is 1. The van der Waals surface area contributed by atoms with Gasteiger partial charge >= 0.3 is 5.97 Å². The molecular formula is C20H29NO6. The van der Waals surface area contributed by atoms with Gasteiger partial charge in [-0.3, -0.25) is 9.59 Å². The van der Waals surface area contributed by atoms with Crippen molar-refractivity contribution < 1.29 is 28.9 Å². The van der Waals surface area contributed by atoms with Gasteiger partial charge in [-0.25, -0.2) is 0 Å². The lowest BCUT2D eigenvalue weighted by Crippen LogP contribution is -2.30. The first kappa shape index (κ1) is 21.0. The van der Waals surface area contributed by atoms with Gasteiger partial charge in [0.25, 0.3) is 0 Å². The summed E-state index contributed by atoms with van der Waals surface area (Å²) in [5.41, 5.74) is 0.674. The first-order chi connectivity index (χ1) is 13.0. The van der Waals surface area contributed by atoms with Gasteiger partial charge in [-0.1, -0.05) is 6.07 Å². The number of ether oxygens (including phenoxy) is 3. The number of carboxylic acids is 1. The van der Waals surface area contributed by atoms with Gasteiger partial charge < -0.3 is 24.6 Å². The largest absolute Gasteiger partial charge is 0.493 e. The van der Waals surface area contributed by atoms with Crippen LogP contribution in [-0.2, 0) is 14.3 Å². The van der Waals surface area contributed by atoms with Crippen LogP contribution in [0.5, 0.6) is 11.5 Å². The zero-order chi connectivity index (χ0) is 19.6. The third kappa shape index (κ3) is 6.75. The highest BCUT2D eigenvalue weighted by molar-refractivity contribution is 5.77. The molecule has 1 heterocycles. The summed E-state index contributed by atoms with van der Waals surface area (Å²) in [6, 6.07) is 4.55. The second-order valence-corrected chi connectivity index (χ2v) is 6.78. The second kappa shape index (κ2) is 10.8. The lowest BCUT2D eigenvalue weighted by Gasteiger charge is -2.22. The molecule has 27 heavy (non-hydrogen) atoms. The average Bonchev–Trinajstić information content (AvgIpc) is 2.67. The molecule has 1 aromatic carbocycles. The van der Waals surface area contributed by atoms with Crippen molar-refractivity contribution >= 4 is 11.9 Å². The van der Waals surface area contributed by atoms with Gasteiger partial charge in [-0.15, -0.1) is 0 Å². The maximum absolute atomic E-state index is 12.3. The zero-order valence-corrected chi connectivity index (χ0v) is 16.0. The first-order valence-electron chi connectivity index (χ1n) is 9.34. The van der Waals surface area contributed by atoms with E-state index in [4.69, 9.17) is 14.2 Å². The predicted molar refractivity (Wildman–Crippen MR) is 100 cm³/mol. The minimum absolute atomic E-state index is 0.136. The van der Waals surface area contributed by atoms with Crippen LogP contribution in [0.15, 0.2) is 18.2 Å². The molecule has 1 aromatic rings. The fraction of sp³-hybridized carbons (Fsp3) is 0.600. The van der Waals surface area contributed by atoms with Gasteiger partial charge in [-0.05, 0) is 49.3 Å². The number of hydrogen-bond donors (Lipinski definition) is 2. The molecule has 1 aliphatic rings. The van der Waals surface area contributed by atoms with Crippen molar-refractivity contribution in [2.45, 2.75) is 44.6 Å². The molecule has 1 fully saturated rings. The molecule has 1 atom stereocenters. The SMILES string of the molecule is COc1ccc(C(CC(=O)O)NC(=O)CCCC2CCOCC2)cc1OC. The number of amides is 1. The Morgan fingerprint density at radius 3 is 2.56 bits per heavy atom. The Bertz CT molecular complexity index is 627. The van der Waals surface area contributed by atoms with Gasteiger partial charge in [0.2, 0.25) is 5.91 Å². The molecule has 2 N–H and O–H groups in total. The first-order valence-corrected chi connectivity index (χ1v) is 9.34. The Labute approximate surface area is 160 Å². The van der Waals surface area contributed by atoms with Crippen molar-refractivity contribution in [3.8, 4) is 11.5 Å². The third-order valence-electron chi connectivity index (χ3n) is 4.88. The zero-order valence-electron chi connectivity index (χ0n) is 16.0. The van der Waals surface area contributed by atoms with Gasteiger partial charge in [0.1, 0.15) is 0 Å². The lowest BCUT2D eigenvalue weighted by atomic mass is 9.94. The summed E-state index contributed by atoms with van der Waals surface area (Å²) in [6.45, 7) is 1.60. The van der Waals surface area contributed by atoms with Gasteiger partial charge in [0, 0.05) is 19.6 Å². The van der Waals surface area contributed by atoms with Crippen molar-refractivity contribution in [3.05, 3.63) is 23.8 Å². The molecule has 1 aliphatic heterocycles. The van der Waals surface area contributed by atoms with Crippen LogP contribution in [0.2, 0.25) is 0 Å². The summed E-state index contributed by atoms with van der Waals surface area (Å²) in [4.78, 5) is 23.6. The fourth-order valence-electron chi connectivity index (χ4n) is 3.35. The molecule has 0 saturated carbocycles. The summed E-state index contributed by atoms with van der Waals surface area (Å²) >= 11 is 0. The molecule has 150 valence electrons. The summed E-state index contributed by atoms with van der Waals surface area (Å²) in [5, 5.41) is 12.1. The van der Waals surface area contributed by atoms with Gasteiger partial charge in [0.05, 0.1) is 26.7 Å². The van der Waals surface area contributed by atoms with Crippen LogP contribution in [0, 0.1) is 5.92 Å². The van der Waals surface area contributed by atoms with E-state index < -0.39 is 12.0 Å². The van der Waals surface area contributed by atoms with Crippen LogP contribution >= 0.6 is 0 Å². The monoisotopic (exact) mass is 379 g/mol. The lowest BCUT2D eigenvalue weighted by molar-refractivity contribution is -0.137. The topological polar surface area (TPSA) is 94.1 Å². The standard InChI is InChI=1S/C20H29NO6/c1-25-17-7-6-15(12-18(17)26-2)16(13-20(23)24)21-19(22)5-3-4-14-8-10-27-11-9-14/h6-7,12,14,16H,3-5,8-11,13H2,1-2H3,(H,21,22)(H,23,24). The van der Waals surface area contributed by atoms with E-state index in [0.717, 1.165) is 38.9 Å². The van der Waals surface area contributed by atoms with Crippen LogP contribution in [-0.4, -0.2) is 44.4 Å². The molecule has 0 aliphatic carbocycles. The maximum atomic E-state index is 12.3. The predicted octanol–water partition coefficient (Wildman–Crippen LogP) is 2.93. The maximum Gasteiger partial charge on any atom is 0.305 e. The average molecular weight is 379 g/mol. The fourth-order valence-corrected chi connectivity index (χ4v) is 3.35. The summed E-state index contributed by atoms with van der Waals surface area (Å²) < 4.78 is 15.8.